The van der Waals surface area contributed by atoms with Gasteiger partial charge in [-0.1, -0.05) is 109 Å². The van der Waals surface area contributed by atoms with Crippen molar-refractivity contribution < 1.29 is 4.42 Å². The van der Waals surface area contributed by atoms with E-state index in [0.717, 1.165) is 38.6 Å². The largest absolute Gasteiger partial charge is 0.422 e. The molecule has 0 atom stereocenters. The van der Waals surface area contributed by atoms with Crippen molar-refractivity contribution in [2.75, 3.05) is 0 Å². The molecule has 0 aliphatic carbocycles. The molecule has 0 unspecified atom stereocenters. The number of nitrogens with zero attached hydrogens (tertiary/aromatic N) is 3. The molecule has 0 saturated heterocycles. The summed E-state index contributed by atoms with van der Waals surface area (Å²) in [6, 6.07) is 41.4. The average molecular weight is 504 g/mol. The fourth-order valence-corrected chi connectivity index (χ4v) is 4.84. The van der Waals surface area contributed by atoms with Gasteiger partial charge in [0.1, 0.15) is 5.58 Å². The van der Waals surface area contributed by atoms with Crippen molar-refractivity contribution in [1.82, 2.24) is 15.0 Å². The van der Waals surface area contributed by atoms with Crippen molar-refractivity contribution in [3.8, 4) is 45.3 Å². The zero-order valence-corrected chi connectivity index (χ0v) is 20.8. The monoisotopic (exact) mass is 503 g/mol. The van der Waals surface area contributed by atoms with E-state index in [2.05, 4.69) is 0 Å². The summed E-state index contributed by atoms with van der Waals surface area (Å²) in [5.74, 6) is 1.80. The number of hydrogen-bond acceptors (Lipinski definition) is 5. The molecule has 5 nitrogen and oxygen atoms in total. The molecule has 2 heterocycles. The number of rotatable bonds is 4. The first-order valence-electron chi connectivity index (χ1n) is 12.7. The molecule has 0 fully saturated rings. The van der Waals surface area contributed by atoms with Crippen LogP contribution in [0.5, 0.6) is 0 Å². The highest BCUT2D eigenvalue weighted by Gasteiger charge is 2.14. The van der Waals surface area contributed by atoms with E-state index in [1.807, 2.05) is 127 Å². The van der Waals surface area contributed by atoms with Crippen LogP contribution in [-0.2, 0) is 0 Å². The second kappa shape index (κ2) is 9.47. The lowest BCUT2D eigenvalue weighted by Gasteiger charge is -2.10. The van der Waals surface area contributed by atoms with Gasteiger partial charge in [0.2, 0.25) is 0 Å². The van der Waals surface area contributed by atoms with Crippen LogP contribution in [0.3, 0.4) is 0 Å². The Morgan fingerprint density at radius 2 is 0.949 bits per heavy atom. The molecule has 0 aliphatic heterocycles. The molecule has 39 heavy (non-hydrogen) atoms. The molecule has 0 N–H and O–H groups in total. The number of hydrogen-bond donors (Lipinski definition) is 0. The Bertz CT molecular complexity index is 1980. The van der Waals surface area contributed by atoms with Crippen LogP contribution in [-0.4, -0.2) is 15.0 Å². The van der Waals surface area contributed by atoms with E-state index in [9.17, 15) is 4.79 Å². The molecule has 2 aromatic heterocycles. The molecule has 0 spiro atoms. The van der Waals surface area contributed by atoms with Crippen molar-refractivity contribution in [2.45, 2.75) is 0 Å². The molecular formula is C34H21N3O2. The first-order chi connectivity index (χ1) is 19.2. The Morgan fingerprint density at radius 1 is 0.410 bits per heavy atom. The van der Waals surface area contributed by atoms with Gasteiger partial charge in [-0.15, -0.1) is 0 Å². The highest BCUT2D eigenvalue weighted by molar-refractivity contribution is 6.05. The molecule has 5 heteroatoms. The Labute approximate surface area is 224 Å². The highest BCUT2D eigenvalue weighted by atomic mass is 16.4. The Hall–Kier alpha value is -5.42. The van der Waals surface area contributed by atoms with Crippen molar-refractivity contribution >= 4 is 21.7 Å². The van der Waals surface area contributed by atoms with Crippen LogP contribution in [0.2, 0.25) is 0 Å². The van der Waals surface area contributed by atoms with Gasteiger partial charge < -0.3 is 4.42 Å². The minimum Gasteiger partial charge on any atom is -0.422 e. The topological polar surface area (TPSA) is 68.9 Å². The van der Waals surface area contributed by atoms with E-state index in [-0.39, 0.29) is 5.63 Å². The Morgan fingerprint density at radius 3 is 1.64 bits per heavy atom. The molecule has 5 aromatic carbocycles. The maximum absolute atomic E-state index is 12.8. The Balaban J connectivity index is 1.36. The zero-order chi connectivity index (χ0) is 26.2. The van der Waals surface area contributed by atoms with Crippen LogP contribution in [0.1, 0.15) is 0 Å². The van der Waals surface area contributed by atoms with Gasteiger partial charge in [0, 0.05) is 22.1 Å². The second-order valence-corrected chi connectivity index (χ2v) is 9.27. The summed E-state index contributed by atoms with van der Waals surface area (Å²) in [7, 11) is 0. The lowest BCUT2D eigenvalue weighted by atomic mass is 9.99. The summed E-state index contributed by atoms with van der Waals surface area (Å²) < 4.78 is 5.59. The standard InChI is InChI=1S/C34H21N3O2/c38-34-29-21-25(18-19-27(29)28-16-7-8-17-30(28)39-34)24-14-9-15-26(20-24)33-36-31(22-10-3-1-4-11-22)35-32(37-33)23-12-5-2-6-13-23/h1-21H. The van der Waals surface area contributed by atoms with E-state index in [0.29, 0.717) is 28.4 Å². The first kappa shape index (κ1) is 22.8. The third-order valence-electron chi connectivity index (χ3n) is 6.77. The van der Waals surface area contributed by atoms with Crippen LogP contribution < -0.4 is 5.63 Å². The van der Waals surface area contributed by atoms with Crippen LogP contribution in [0.15, 0.2) is 137 Å². The van der Waals surface area contributed by atoms with Crippen molar-refractivity contribution in [2.24, 2.45) is 0 Å². The number of para-hydroxylation sites is 1. The van der Waals surface area contributed by atoms with Gasteiger partial charge in [-0.05, 0) is 34.7 Å². The van der Waals surface area contributed by atoms with E-state index < -0.39 is 0 Å². The first-order valence-corrected chi connectivity index (χ1v) is 12.7. The van der Waals surface area contributed by atoms with Crippen LogP contribution in [0.4, 0.5) is 0 Å². The van der Waals surface area contributed by atoms with Gasteiger partial charge in [0.05, 0.1) is 5.39 Å². The molecular weight excluding hydrogens is 482 g/mol. The fraction of sp³-hybridized carbons (Fsp3) is 0. The summed E-state index contributed by atoms with van der Waals surface area (Å²) in [4.78, 5) is 27.3. The normalized spacial score (nSPS) is 11.2. The van der Waals surface area contributed by atoms with Gasteiger partial charge in [0.25, 0.3) is 0 Å². The number of benzene rings is 5. The molecule has 184 valence electrons. The molecule has 0 radical (unpaired) electrons. The van der Waals surface area contributed by atoms with Crippen LogP contribution in [0, 0.1) is 0 Å². The van der Waals surface area contributed by atoms with Crippen LogP contribution >= 0.6 is 0 Å². The zero-order valence-electron chi connectivity index (χ0n) is 20.8. The predicted molar refractivity (Wildman–Crippen MR) is 155 cm³/mol. The number of fused-ring (bicyclic) bond motifs is 3. The van der Waals surface area contributed by atoms with E-state index in [1.54, 1.807) is 0 Å². The van der Waals surface area contributed by atoms with E-state index in [4.69, 9.17) is 19.4 Å². The van der Waals surface area contributed by atoms with Gasteiger partial charge in [-0.3, -0.25) is 0 Å². The van der Waals surface area contributed by atoms with Crippen LogP contribution in [0.25, 0.3) is 67.0 Å². The third-order valence-corrected chi connectivity index (χ3v) is 6.77. The van der Waals surface area contributed by atoms with Gasteiger partial charge in [0.15, 0.2) is 17.5 Å². The second-order valence-electron chi connectivity index (χ2n) is 9.27. The minimum absolute atomic E-state index is 0.348. The lowest BCUT2D eigenvalue weighted by molar-refractivity contribution is 0.569. The molecule has 0 aliphatic rings. The smallest absolute Gasteiger partial charge is 0.344 e. The maximum Gasteiger partial charge on any atom is 0.344 e. The summed E-state index contributed by atoms with van der Waals surface area (Å²) in [6.07, 6.45) is 0. The third kappa shape index (κ3) is 4.26. The number of aromatic nitrogens is 3. The SMILES string of the molecule is O=c1oc2ccccc2c2ccc(-c3cccc(-c4nc(-c5ccccc5)nc(-c5ccccc5)n4)c3)cc12. The quantitative estimate of drug-likeness (QED) is 0.181. The minimum atomic E-state index is -0.348. The van der Waals surface area contributed by atoms with Gasteiger partial charge >= 0.3 is 5.63 Å². The van der Waals surface area contributed by atoms with Gasteiger partial charge in [-0.2, -0.15) is 0 Å². The molecule has 0 bridgehead atoms. The van der Waals surface area contributed by atoms with Gasteiger partial charge in [-0.25, -0.2) is 19.7 Å². The summed E-state index contributed by atoms with van der Waals surface area (Å²) >= 11 is 0. The van der Waals surface area contributed by atoms with Crippen molar-refractivity contribution in [1.29, 1.82) is 0 Å². The molecule has 0 saturated carbocycles. The maximum atomic E-state index is 12.8. The molecule has 0 amide bonds. The molecule has 7 rings (SSSR count). The highest BCUT2D eigenvalue weighted by Crippen LogP contribution is 2.31. The Kier molecular flexibility index (Phi) is 5.52. The fourth-order valence-electron chi connectivity index (χ4n) is 4.84. The predicted octanol–water partition coefficient (Wildman–Crippen LogP) is 7.80. The lowest BCUT2D eigenvalue weighted by Crippen LogP contribution is -2.00. The molecule has 7 aromatic rings. The van der Waals surface area contributed by atoms with E-state index in [1.165, 1.54) is 0 Å². The summed E-state index contributed by atoms with van der Waals surface area (Å²) in [5, 5.41) is 2.34. The van der Waals surface area contributed by atoms with Crippen molar-refractivity contribution in [3.63, 3.8) is 0 Å². The van der Waals surface area contributed by atoms with Crippen molar-refractivity contribution in [3.05, 3.63) is 138 Å². The summed E-state index contributed by atoms with van der Waals surface area (Å²) in [6.45, 7) is 0. The summed E-state index contributed by atoms with van der Waals surface area (Å²) in [5.41, 5.74) is 4.79. The van der Waals surface area contributed by atoms with E-state index >= 15 is 0 Å². The average Bonchev–Trinajstić information content (AvgIpc) is 3.02.